The van der Waals surface area contributed by atoms with Crippen LogP contribution in [0.2, 0.25) is 0 Å². The van der Waals surface area contributed by atoms with E-state index in [2.05, 4.69) is 63.2 Å². The van der Waals surface area contributed by atoms with Crippen LogP contribution in [0.3, 0.4) is 0 Å². The lowest BCUT2D eigenvalue weighted by atomic mass is 9.88. The molecule has 106 valence electrons. The summed E-state index contributed by atoms with van der Waals surface area (Å²) < 4.78 is 1.20. The van der Waals surface area contributed by atoms with Crippen molar-refractivity contribution in [1.82, 2.24) is 5.32 Å². The van der Waals surface area contributed by atoms with Crippen molar-refractivity contribution in [3.63, 3.8) is 0 Å². The van der Waals surface area contributed by atoms with E-state index in [-0.39, 0.29) is 0 Å². The van der Waals surface area contributed by atoms with Gasteiger partial charge in [0.05, 0.1) is 0 Å². The lowest BCUT2D eigenvalue weighted by Gasteiger charge is -2.28. The van der Waals surface area contributed by atoms with E-state index in [0.29, 0.717) is 12.1 Å². The topological polar surface area (TPSA) is 12.0 Å². The molecule has 1 aliphatic rings. The van der Waals surface area contributed by atoms with Crippen LogP contribution in [0.4, 0.5) is 0 Å². The second-order valence-corrected chi connectivity index (χ2v) is 7.45. The fourth-order valence-corrected chi connectivity index (χ4v) is 4.18. The van der Waals surface area contributed by atoms with E-state index in [0.717, 1.165) is 12.8 Å². The van der Waals surface area contributed by atoms with E-state index in [1.54, 1.807) is 11.3 Å². The Morgan fingerprint density at radius 1 is 1.35 bits per heavy atom. The average molecular weight is 350 g/mol. The molecule has 0 saturated heterocycles. The Morgan fingerprint density at radius 2 is 2.25 bits per heavy atom. The van der Waals surface area contributed by atoms with E-state index in [1.165, 1.54) is 34.0 Å². The second kappa shape index (κ2) is 6.42. The third-order valence-electron chi connectivity index (χ3n) is 4.04. The van der Waals surface area contributed by atoms with Crippen molar-refractivity contribution in [3.8, 4) is 0 Å². The summed E-state index contributed by atoms with van der Waals surface area (Å²) in [5, 5.41) is 8.22. The Hall–Kier alpha value is -0.640. The van der Waals surface area contributed by atoms with Crippen molar-refractivity contribution in [2.45, 2.75) is 44.7 Å². The molecule has 0 spiro atoms. The first-order valence-corrected chi connectivity index (χ1v) is 8.99. The van der Waals surface area contributed by atoms with Gasteiger partial charge in [-0.05, 0) is 78.3 Å². The molecular weight excluding hydrogens is 330 g/mol. The van der Waals surface area contributed by atoms with Crippen LogP contribution in [0.25, 0.3) is 0 Å². The predicted molar refractivity (Wildman–Crippen MR) is 90.6 cm³/mol. The van der Waals surface area contributed by atoms with Crippen molar-refractivity contribution in [3.05, 3.63) is 56.2 Å². The molecule has 1 heterocycles. The van der Waals surface area contributed by atoms with Crippen LogP contribution in [0.15, 0.2) is 39.5 Å². The van der Waals surface area contributed by atoms with Crippen molar-refractivity contribution in [2.24, 2.45) is 0 Å². The molecule has 3 heteroatoms. The molecule has 0 saturated carbocycles. The van der Waals surface area contributed by atoms with Gasteiger partial charge < -0.3 is 5.32 Å². The Bertz CT molecular complexity index is 564. The van der Waals surface area contributed by atoms with Gasteiger partial charge in [0.1, 0.15) is 0 Å². The Kier molecular flexibility index (Phi) is 4.59. The molecule has 1 nitrogen and oxygen atoms in total. The third kappa shape index (κ3) is 3.51. The second-order valence-electron chi connectivity index (χ2n) is 5.76. The molecule has 3 rings (SSSR count). The number of hydrogen-bond acceptors (Lipinski definition) is 2. The van der Waals surface area contributed by atoms with Gasteiger partial charge in [0.2, 0.25) is 0 Å². The average Bonchev–Trinajstić information content (AvgIpc) is 2.91. The standard InChI is InChI=1S/C17H20BrNS/c1-12(8-13-6-7-20-11-13)19-17-5-3-14-9-16(18)4-2-15(14)10-17/h2,4,6-7,9,11-12,17,19H,3,5,8,10H2,1H3. The predicted octanol–water partition coefficient (Wildman–Crippen LogP) is 4.59. The summed E-state index contributed by atoms with van der Waals surface area (Å²) in [5.41, 5.74) is 4.48. The molecule has 1 aliphatic carbocycles. The maximum atomic E-state index is 3.81. The molecule has 2 atom stereocenters. The molecule has 0 radical (unpaired) electrons. The SMILES string of the molecule is CC(Cc1ccsc1)NC1CCc2cc(Br)ccc2C1. The molecule has 0 aliphatic heterocycles. The summed E-state index contributed by atoms with van der Waals surface area (Å²) in [7, 11) is 0. The van der Waals surface area contributed by atoms with E-state index >= 15 is 0 Å². The van der Waals surface area contributed by atoms with Gasteiger partial charge >= 0.3 is 0 Å². The number of rotatable bonds is 4. The highest BCUT2D eigenvalue weighted by atomic mass is 79.9. The molecule has 2 unspecified atom stereocenters. The van der Waals surface area contributed by atoms with Crippen LogP contribution in [-0.4, -0.2) is 12.1 Å². The van der Waals surface area contributed by atoms with Crippen LogP contribution >= 0.6 is 27.3 Å². The zero-order chi connectivity index (χ0) is 13.9. The van der Waals surface area contributed by atoms with Crippen LogP contribution in [0.1, 0.15) is 30.0 Å². The summed E-state index contributed by atoms with van der Waals surface area (Å²) >= 11 is 5.35. The molecule has 20 heavy (non-hydrogen) atoms. The third-order valence-corrected chi connectivity index (χ3v) is 5.26. The molecule has 1 aromatic heterocycles. The number of fused-ring (bicyclic) bond motifs is 1. The van der Waals surface area contributed by atoms with Crippen molar-refractivity contribution in [2.75, 3.05) is 0 Å². The van der Waals surface area contributed by atoms with Gasteiger partial charge in [-0.2, -0.15) is 11.3 Å². The fourth-order valence-electron chi connectivity index (χ4n) is 3.09. The van der Waals surface area contributed by atoms with Gasteiger partial charge in [0.25, 0.3) is 0 Å². The van der Waals surface area contributed by atoms with Crippen molar-refractivity contribution >= 4 is 27.3 Å². The maximum Gasteiger partial charge on any atom is 0.0178 e. The molecule has 1 N–H and O–H groups in total. The van der Waals surface area contributed by atoms with Crippen molar-refractivity contribution in [1.29, 1.82) is 0 Å². The van der Waals surface area contributed by atoms with Crippen LogP contribution in [0, 0.1) is 0 Å². The molecule has 0 fully saturated rings. The number of benzene rings is 1. The van der Waals surface area contributed by atoms with Crippen LogP contribution < -0.4 is 5.32 Å². The van der Waals surface area contributed by atoms with Gasteiger partial charge in [0.15, 0.2) is 0 Å². The van der Waals surface area contributed by atoms with Crippen LogP contribution in [0.5, 0.6) is 0 Å². The number of nitrogens with one attached hydrogen (secondary N) is 1. The fraction of sp³-hybridized carbons (Fsp3) is 0.412. The molecular formula is C17H20BrNS. The smallest absolute Gasteiger partial charge is 0.0178 e. The van der Waals surface area contributed by atoms with E-state index in [9.17, 15) is 0 Å². The first kappa shape index (κ1) is 14.3. The highest BCUT2D eigenvalue weighted by molar-refractivity contribution is 9.10. The van der Waals surface area contributed by atoms with Gasteiger partial charge in [0, 0.05) is 16.6 Å². The zero-order valence-corrected chi connectivity index (χ0v) is 14.1. The minimum Gasteiger partial charge on any atom is -0.311 e. The lowest BCUT2D eigenvalue weighted by molar-refractivity contribution is 0.405. The van der Waals surface area contributed by atoms with Crippen molar-refractivity contribution < 1.29 is 0 Å². The van der Waals surface area contributed by atoms with Gasteiger partial charge in [-0.3, -0.25) is 0 Å². The summed E-state index contributed by atoms with van der Waals surface area (Å²) in [6, 6.07) is 10.1. The Labute approximate surface area is 133 Å². The summed E-state index contributed by atoms with van der Waals surface area (Å²) in [6.45, 7) is 2.30. The van der Waals surface area contributed by atoms with E-state index in [1.807, 2.05) is 0 Å². The van der Waals surface area contributed by atoms with E-state index in [4.69, 9.17) is 0 Å². The Balaban J connectivity index is 1.58. The Morgan fingerprint density at radius 3 is 3.05 bits per heavy atom. The minimum atomic E-state index is 0.548. The number of hydrogen-bond donors (Lipinski definition) is 1. The minimum absolute atomic E-state index is 0.548. The number of thiophene rings is 1. The summed E-state index contributed by atoms with van der Waals surface area (Å²) in [5.74, 6) is 0. The lowest BCUT2D eigenvalue weighted by Crippen LogP contribution is -2.41. The van der Waals surface area contributed by atoms with Gasteiger partial charge in [-0.15, -0.1) is 0 Å². The first-order valence-electron chi connectivity index (χ1n) is 7.25. The summed E-state index contributed by atoms with van der Waals surface area (Å²) in [4.78, 5) is 0. The first-order chi connectivity index (χ1) is 9.70. The van der Waals surface area contributed by atoms with Gasteiger partial charge in [-0.1, -0.05) is 22.0 Å². The largest absolute Gasteiger partial charge is 0.311 e. The molecule has 0 bridgehead atoms. The monoisotopic (exact) mass is 349 g/mol. The summed E-state index contributed by atoms with van der Waals surface area (Å²) in [6.07, 6.45) is 4.73. The van der Waals surface area contributed by atoms with Crippen LogP contribution in [-0.2, 0) is 19.3 Å². The highest BCUT2D eigenvalue weighted by Gasteiger charge is 2.20. The van der Waals surface area contributed by atoms with E-state index < -0.39 is 0 Å². The normalized spacial score (nSPS) is 19.6. The number of halogens is 1. The molecule has 2 aromatic rings. The maximum absolute atomic E-state index is 3.81. The molecule has 0 amide bonds. The highest BCUT2D eigenvalue weighted by Crippen LogP contribution is 2.25. The van der Waals surface area contributed by atoms with Gasteiger partial charge in [-0.25, -0.2) is 0 Å². The molecule has 1 aromatic carbocycles. The number of aryl methyl sites for hydroxylation is 1. The quantitative estimate of drug-likeness (QED) is 0.851. The zero-order valence-electron chi connectivity index (χ0n) is 11.7.